The van der Waals surface area contributed by atoms with Gasteiger partial charge in [-0.3, -0.25) is 4.79 Å². The van der Waals surface area contributed by atoms with Gasteiger partial charge >= 0.3 is 0 Å². The Labute approximate surface area is 169 Å². The van der Waals surface area contributed by atoms with Crippen LogP contribution in [0.4, 0.5) is 5.69 Å². The highest BCUT2D eigenvalue weighted by Crippen LogP contribution is 2.27. The lowest BCUT2D eigenvalue weighted by atomic mass is 10.2. The van der Waals surface area contributed by atoms with Gasteiger partial charge in [-0.2, -0.15) is 11.8 Å². The van der Waals surface area contributed by atoms with Crippen LogP contribution in [0.2, 0.25) is 0 Å². The van der Waals surface area contributed by atoms with Crippen LogP contribution in [0, 0.1) is 0 Å². The summed E-state index contributed by atoms with van der Waals surface area (Å²) in [5, 5.41) is 2.85. The molecule has 4 nitrogen and oxygen atoms in total. The second-order valence-electron chi connectivity index (χ2n) is 6.19. The van der Waals surface area contributed by atoms with Crippen LogP contribution in [0.5, 0.6) is 11.5 Å². The van der Waals surface area contributed by atoms with Gasteiger partial charge in [-0.15, -0.1) is 0 Å². The van der Waals surface area contributed by atoms with E-state index in [1.165, 1.54) is 5.56 Å². The van der Waals surface area contributed by atoms with Crippen molar-refractivity contribution in [3.8, 4) is 11.5 Å². The molecule has 0 unspecified atom stereocenters. The maximum absolute atomic E-state index is 12.2. The molecule has 3 aromatic carbocycles. The van der Waals surface area contributed by atoms with E-state index < -0.39 is 0 Å². The number of thioether (sulfide) groups is 1. The molecule has 0 aliphatic rings. The first-order valence-electron chi connectivity index (χ1n) is 9.01. The highest BCUT2D eigenvalue weighted by molar-refractivity contribution is 7.97. The van der Waals surface area contributed by atoms with Crippen molar-refractivity contribution >= 4 is 23.4 Å². The molecule has 0 radical (unpaired) electrons. The molecule has 144 valence electrons. The summed E-state index contributed by atoms with van der Waals surface area (Å²) in [5.74, 6) is 1.90. The van der Waals surface area contributed by atoms with Gasteiger partial charge in [-0.1, -0.05) is 54.6 Å². The van der Waals surface area contributed by atoms with Crippen LogP contribution in [0.1, 0.15) is 11.1 Å². The van der Waals surface area contributed by atoms with E-state index in [4.69, 9.17) is 9.47 Å². The van der Waals surface area contributed by atoms with Crippen molar-refractivity contribution in [3.63, 3.8) is 0 Å². The van der Waals surface area contributed by atoms with Crippen molar-refractivity contribution in [2.24, 2.45) is 0 Å². The lowest BCUT2D eigenvalue weighted by molar-refractivity contribution is -0.118. The van der Waals surface area contributed by atoms with Crippen LogP contribution in [0.15, 0.2) is 78.9 Å². The first-order chi connectivity index (χ1) is 13.7. The maximum Gasteiger partial charge on any atom is 0.262 e. The molecule has 0 saturated carbocycles. The van der Waals surface area contributed by atoms with Gasteiger partial charge in [0.2, 0.25) is 0 Å². The molecule has 0 fully saturated rings. The predicted molar refractivity (Wildman–Crippen MR) is 115 cm³/mol. The van der Waals surface area contributed by atoms with Gasteiger partial charge in [0.15, 0.2) is 18.1 Å². The first kappa shape index (κ1) is 19.8. The molecule has 28 heavy (non-hydrogen) atoms. The second kappa shape index (κ2) is 10.4. The number of nitrogens with one attached hydrogen (secondary N) is 1. The highest BCUT2D eigenvalue weighted by atomic mass is 32.2. The van der Waals surface area contributed by atoms with Crippen LogP contribution < -0.4 is 14.8 Å². The van der Waals surface area contributed by atoms with Gasteiger partial charge in [-0.05, 0) is 41.6 Å². The molecule has 0 spiro atoms. The van der Waals surface area contributed by atoms with E-state index in [0.29, 0.717) is 18.1 Å². The van der Waals surface area contributed by atoms with Crippen molar-refractivity contribution in [3.05, 3.63) is 90.0 Å². The minimum atomic E-state index is -0.213. The molecule has 0 heterocycles. The quantitative estimate of drug-likeness (QED) is 0.546. The zero-order valence-electron chi connectivity index (χ0n) is 15.8. The number of rotatable bonds is 9. The fourth-order valence-corrected chi connectivity index (χ4v) is 3.14. The third-order valence-corrected chi connectivity index (χ3v) is 4.62. The molecule has 3 rings (SSSR count). The van der Waals surface area contributed by atoms with E-state index in [1.807, 2.05) is 72.8 Å². The van der Waals surface area contributed by atoms with E-state index >= 15 is 0 Å². The summed E-state index contributed by atoms with van der Waals surface area (Å²) in [4.78, 5) is 12.2. The smallest absolute Gasteiger partial charge is 0.262 e. The molecular formula is C23H23NO3S. The van der Waals surface area contributed by atoms with Gasteiger partial charge in [0, 0.05) is 11.4 Å². The SMILES string of the molecule is CSCc1ccc(NC(=O)COc2ccccc2OCc2ccccc2)cc1. The Morgan fingerprint density at radius 3 is 2.14 bits per heavy atom. The summed E-state index contributed by atoms with van der Waals surface area (Å²) in [6.45, 7) is 0.355. The maximum atomic E-state index is 12.2. The first-order valence-corrected chi connectivity index (χ1v) is 10.4. The van der Waals surface area contributed by atoms with Crippen LogP contribution in [0.25, 0.3) is 0 Å². The molecule has 0 aliphatic carbocycles. The van der Waals surface area contributed by atoms with Crippen LogP contribution in [-0.2, 0) is 17.2 Å². The highest BCUT2D eigenvalue weighted by Gasteiger charge is 2.08. The Morgan fingerprint density at radius 2 is 1.46 bits per heavy atom. The number of hydrogen-bond donors (Lipinski definition) is 1. The minimum Gasteiger partial charge on any atom is -0.485 e. The molecule has 0 aromatic heterocycles. The molecule has 0 aliphatic heterocycles. The van der Waals surface area contributed by atoms with Gasteiger partial charge < -0.3 is 14.8 Å². The van der Waals surface area contributed by atoms with Crippen LogP contribution in [0.3, 0.4) is 0 Å². The lowest BCUT2D eigenvalue weighted by Crippen LogP contribution is -2.20. The summed E-state index contributed by atoms with van der Waals surface area (Å²) in [6.07, 6.45) is 2.06. The van der Waals surface area contributed by atoms with E-state index in [-0.39, 0.29) is 12.5 Å². The predicted octanol–water partition coefficient (Wildman–Crippen LogP) is 5.15. The number of hydrogen-bond acceptors (Lipinski definition) is 4. The van der Waals surface area contributed by atoms with Gasteiger partial charge in [0.25, 0.3) is 5.91 Å². The topological polar surface area (TPSA) is 47.6 Å². The Morgan fingerprint density at radius 1 is 0.821 bits per heavy atom. The second-order valence-corrected chi connectivity index (χ2v) is 7.05. The van der Waals surface area contributed by atoms with Gasteiger partial charge in [0.05, 0.1) is 0 Å². The Bertz CT molecular complexity index is 882. The average Bonchev–Trinajstić information content (AvgIpc) is 2.74. The van der Waals surface area contributed by atoms with Crippen molar-refractivity contribution in [2.45, 2.75) is 12.4 Å². The van der Waals surface area contributed by atoms with Crippen molar-refractivity contribution < 1.29 is 14.3 Å². The molecule has 1 amide bonds. The summed E-state index contributed by atoms with van der Waals surface area (Å²) in [5.41, 5.74) is 3.05. The summed E-state index contributed by atoms with van der Waals surface area (Å²) < 4.78 is 11.5. The monoisotopic (exact) mass is 393 g/mol. The number of ether oxygens (including phenoxy) is 2. The third kappa shape index (κ3) is 6.06. The number of para-hydroxylation sites is 2. The normalized spacial score (nSPS) is 10.3. The number of amides is 1. The minimum absolute atomic E-state index is 0.0850. The number of carbonyl (C=O) groups is 1. The third-order valence-electron chi connectivity index (χ3n) is 3.99. The fraction of sp³-hybridized carbons (Fsp3) is 0.174. The van der Waals surface area contributed by atoms with E-state index in [2.05, 4.69) is 11.6 Å². The lowest BCUT2D eigenvalue weighted by Gasteiger charge is -2.13. The van der Waals surface area contributed by atoms with Crippen molar-refractivity contribution in [2.75, 3.05) is 18.2 Å². The number of benzene rings is 3. The molecule has 1 N–H and O–H groups in total. The molecule has 5 heteroatoms. The van der Waals surface area contributed by atoms with Crippen molar-refractivity contribution in [1.29, 1.82) is 0 Å². The molecule has 3 aromatic rings. The standard InChI is InChI=1S/C23H23NO3S/c1-28-17-19-11-13-20(14-12-19)24-23(25)16-27-22-10-6-5-9-21(22)26-15-18-7-3-2-4-8-18/h2-14H,15-17H2,1H3,(H,24,25). The van der Waals surface area contributed by atoms with Gasteiger partial charge in [0.1, 0.15) is 6.61 Å². The van der Waals surface area contributed by atoms with Crippen LogP contribution >= 0.6 is 11.8 Å². The number of anilines is 1. The van der Waals surface area contributed by atoms with E-state index in [0.717, 1.165) is 17.0 Å². The summed E-state index contributed by atoms with van der Waals surface area (Å²) >= 11 is 1.76. The molecule has 0 bridgehead atoms. The molecular weight excluding hydrogens is 370 g/mol. The molecule has 0 saturated heterocycles. The Balaban J connectivity index is 1.53. The Hall–Kier alpha value is -2.92. The van der Waals surface area contributed by atoms with Crippen LogP contribution in [-0.4, -0.2) is 18.8 Å². The van der Waals surface area contributed by atoms with Crippen molar-refractivity contribution in [1.82, 2.24) is 0 Å². The summed E-state index contributed by atoms with van der Waals surface area (Å²) in [7, 11) is 0. The zero-order valence-corrected chi connectivity index (χ0v) is 16.6. The fourth-order valence-electron chi connectivity index (χ4n) is 2.62. The van der Waals surface area contributed by atoms with Gasteiger partial charge in [-0.25, -0.2) is 0 Å². The zero-order chi connectivity index (χ0) is 19.6. The van der Waals surface area contributed by atoms with E-state index in [9.17, 15) is 4.79 Å². The largest absolute Gasteiger partial charge is 0.485 e. The summed E-state index contributed by atoms with van der Waals surface area (Å²) in [6, 6.07) is 25.1. The molecule has 0 atom stereocenters. The Kier molecular flexibility index (Phi) is 7.38. The number of carbonyl (C=O) groups excluding carboxylic acids is 1. The van der Waals surface area contributed by atoms with E-state index in [1.54, 1.807) is 17.8 Å². The average molecular weight is 394 g/mol.